The summed E-state index contributed by atoms with van der Waals surface area (Å²) in [4.78, 5) is 11.5. The molecule has 0 amide bonds. The van der Waals surface area contributed by atoms with Crippen molar-refractivity contribution in [2.24, 2.45) is 0 Å². The fourth-order valence-electron chi connectivity index (χ4n) is 2.05. The second-order valence-corrected chi connectivity index (χ2v) is 11.9. The Labute approximate surface area is 121 Å². The van der Waals surface area contributed by atoms with Gasteiger partial charge in [0.05, 0.1) is 0 Å². The summed E-state index contributed by atoms with van der Waals surface area (Å²) in [6, 6.07) is 10.9. The van der Waals surface area contributed by atoms with E-state index in [0.717, 1.165) is 11.6 Å². The molecule has 1 aliphatic heterocycles. The number of cyclic esters (lactones) is 1. The van der Waals surface area contributed by atoms with E-state index in [1.165, 1.54) is 6.08 Å². The molecule has 1 aliphatic rings. The predicted octanol–water partition coefficient (Wildman–Crippen LogP) is 3.56. The molecule has 0 saturated carbocycles. The lowest BCUT2D eigenvalue weighted by atomic mass is 10.0. The predicted molar refractivity (Wildman–Crippen MR) is 82.3 cm³/mol. The Kier molecular flexibility index (Phi) is 4.78. The molecule has 0 fully saturated rings. The van der Waals surface area contributed by atoms with Gasteiger partial charge in [-0.3, -0.25) is 0 Å². The Bertz CT molecular complexity index is 476. The Hall–Kier alpha value is -1.39. The van der Waals surface area contributed by atoms with Gasteiger partial charge in [-0.2, -0.15) is 0 Å². The third-order valence-electron chi connectivity index (χ3n) is 3.25. The van der Waals surface area contributed by atoms with Crippen LogP contribution in [0.15, 0.2) is 42.5 Å². The Morgan fingerprint density at radius 1 is 1.20 bits per heavy atom. The first-order valence-corrected chi connectivity index (χ1v) is 10.7. The largest absolute Gasteiger partial charge is 0.451 e. The van der Waals surface area contributed by atoms with Crippen LogP contribution in [0.1, 0.15) is 11.7 Å². The monoisotopic (exact) mass is 290 g/mol. The van der Waals surface area contributed by atoms with Crippen LogP contribution >= 0.6 is 0 Å². The molecule has 0 N–H and O–H groups in total. The second-order valence-electron chi connectivity index (χ2n) is 6.27. The minimum atomic E-state index is -1.11. The Morgan fingerprint density at radius 2 is 1.90 bits per heavy atom. The summed E-state index contributed by atoms with van der Waals surface area (Å²) in [6.45, 7) is 7.68. The molecule has 0 unspecified atom stereocenters. The van der Waals surface area contributed by atoms with Crippen LogP contribution in [-0.2, 0) is 14.3 Å². The van der Waals surface area contributed by atoms with Gasteiger partial charge in [0, 0.05) is 20.8 Å². The highest BCUT2D eigenvalue weighted by Crippen LogP contribution is 2.28. The maximum atomic E-state index is 11.5. The van der Waals surface area contributed by atoms with Crippen molar-refractivity contribution in [3.05, 3.63) is 48.0 Å². The minimum Gasteiger partial charge on any atom is -0.451 e. The topological polar surface area (TPSA) is 35.5 Å². The first kappa shape index (κ1) is 15.0. The van der Waals surface area contributed by atoms with Crippen molar-refractivity contribution < 1.29 is 14.3 Å². The molecule has 0 spiro atoms. The first-order valence-electron chi connectivity index (χ1n) is 7.01. The number of rotatable bonds is 5. The Balaban J connectivity index is 2.04. The summed E-state index contributed by atoms with van der Waals surface area (Å²) < 4.78 is 11.4. The number of carbonyl (C=O) groups excluding carboxylic acids is 1. The highest BCUT2D eigenvalue weighted by Gasteiger charge is 2.29. The van der Waals surface area contributed by atoms with Crippen LogP contribution in [0.3, 0.4) is 0 Å². The standard InChI is InChI=1S/C16H22O3Si/c1-20(2,3)12-11-18-14-9-10-15(17)19-16(14)13-7-5-4-6-8-13/h4-10,14,16H,11-12H2,1-3H3/t14-,16-/m0/s1. The molecular weight excluding hydrogens is 268 g/mol. The van der Waals surface area contributed by atoms with E-state index >= 15 is 0 Å². The molecule has 0 aromatic heterocycles. The molecule has 2 atom stereocenters. The van der Waals surface area contributed by atoms with Crippen molar-refractivity contribution in [2.75, 3.05) is 6.61 Å². The second kappa shape index (κ2) is 6.37. The smallest absolute Gasteiger partial charge is 0.331 e. The lowest BCUT2D eigenvalue weighted by molar-refractivity contribution is -0.152. The first-order chi connectivity index (χ1) is 9.46. The summed E-state index contributed by atoms with van der Waals surface area (Å²) in [5.41, 5.74) is 0.975. The van der Waals surface area contributed by atoms with Crippen LogP contribution in [0, 0.1) is 0 Å². The zero-order chi connectivity index (χ0) is 14.6. The highest BCUT2D eigenvalue weighted by atomic mass is 28.3. The molecular formula is C16H22O3Si. The molecule has 0 bridgehead atoms. The summed E-state index contributed by atoms with van der Waals surface area (Å²) >= 11 is 0. The van der Waals surface area contributed by atoms with Crippen LogP contribution in [0.4, 0.5) is 0 Å². The lowest BCUT2D eigenvalue weighted by Crippen LogP contribution is -2.30. The van der Waals surface area contributed by atoms with E-state index in [0.29, 0.717) is 6.61 Å². The molecule has 2 rings (SSSR count). The number of hydrogen-bond acceptors (Lipinski definition) is 3. The van der Waals surface area contributed by atoms with Crippen molar-refractivity contribution in [3.63, 3.8) is 0 Å². The average molecular weight is 290 g/mol. The van der Waals surface area contributed by atoms with E-state index in [1.807, 2.05) is 36.4 Å². The molecule has 20 heavy (non-hydrogen) atoms. The maximum absolute atomic E-state index is 11.5. The van der Waals surface area contributed by atoms with E-state index in [-0.39, 0.29) is 18.2 Å². The van der Waals surface area contributed by atoms with Gasteiger partial charge in [0.15, 0.2) is 6.10 Å². The van der Waals surface area contributed by atoms with Gasteiger partial charge in [-0.25, -0.2) is 4.79 Å². The van der Waals surface area contributed by atoms with Crippen LogP contribution in [-0.4, -0.2) is 26.8 Å². The number of carbonyl (C=O) groups is 1. The van der Waals surface area contributed by atoms with Gasteiger partial charge in [0.2, 0.25) is 0 Å². The lowest BCUT2D eigenvalue weighted by Gasteiger charge is -2.28. The zero-order valence-electron chi connectivity index (χ0n) is 12.3. The van der Waals surface area contributed by atoms with E-state index in [2.05, 4.69) is 19.6 Å². The molecule has 1 aromatic carbocycles. The normalized spacial score (nSPS) is 22.6. The van der Waals surface area contributed by atoms with Gasteiger partial charge in [-0.15, -0.1) is 0 Å². The van der Waals surface area contributed by atoms with Gasteiger partial charge < -0.3 is 9.47 Å². The van der Waals surface area contributed by atoms with Crippen LogP contribution in [0.2, 0.25) is 25.7 Å². The molecule has 4 heteroatoms. The fraction of sp³-hybridized carbons (Fsp3) is 0.438. The number of ether oxygens (including phenoxy) is 2. The molecule has 0 aliphatic carbocycles. The summed E-state index contributed by atoms with van der Waals surface area (Å²) in [5, 5.41) is 0. The minimum absolute atomic E-state index is 0.188. The summed E-state index contributed by atoms with van der Waals surface area (Å²) in [7, 11) is -1.11. The Morgan fingerprint density at radius 3 is 2.55 bits per heavy atom. The molecule has 108 valence electrons. The van der Waals surface area contributed by atoms with Crippen molar-refractivity contribution in [1.82, 2.24) is 0 Å². The van der Waals surface area contributed by atoms with Crippen LogP contribution in [0.25, 0.3) is 0 Å². The third-order valence-corrected chi connectivity index (χ3v) is 4.96. The molecule has 3 nitrogen and oxygen atoms in total. The van der Waals surface area contributed by atoms with Crippen molar-refractivity contribution >= 4 is 14.0 Å². The summed E-state index contributed by atoms with van der Waals surface area (Å²) in [6.07, 6.45) is 2.74. The number of benzene rings is 1. The molecule has 0 saturated heterocycles. The van der Waals surface area contributed by atoms with Gasteiger partial charge >= 0.3 is 5.97 Å². The van der Waals surface area contributed by atoms with Crippen molar-refractivity contribution in [3.8, 4) is 0 Å². The van der Waals surface area contributed by atoms with Gasteiger partial charge in [0.25, 0.3) is 0 Å². The number of esters is 1. The van der Waals surface area contributed by atoms with Crippen LogP contribution in [0.5, 0.6) is 0 Å². The van der Waals surface area contributed by atoms with E-state index in [9.17, 15) is 4.79 Å². The molecule has 0 radical (unpaired) electrons. The fourth-order valence-corrected chi connectivity index (χ4v) is 2.78. The van der Waals surface area contributed by atoms with Gasteiger partial charge in [0.1, 0.15) is 6.10 Å². The zero-order valence-corrected chi connectivity index (χ0v) is 13.3. The number of hydrogen-bond donors (Lipinski definition) is 0. The van der Waals surface area contributed by atoms with Gasteiger partial charge in [-0.1, -0.05) is 50.0 Å². The van der Waals surface area contributed by atoms with E-state index in [4.69, 9.17) is 9.47 Å². The average Bonchev–Trinajstić information content (AvgIpc) is 2.40. The van der Waals surface area contributed by atoms with E-state index in [1.54, 1.807) is 0 Å². The maximum Gasteiger partial charge on any atom is 0.331 e. The highest BCUT2D eigenvalue weighted by molar-refractivity contribution is 6.76. The SMILES string of the molecule is C[Si](C)(C)CCO[C@H]1C=CC(=O)O[C@H]1c1ccccc1. The quantitative estimate of drug-likeness (QED) is 0.614. The molecule has 1 heterocycles. The van der Waals surface area contributed by atoms with Crippen molar-refractivity contribution in [2.45, 2.75) is 37.9 Å². The van der Waals surface area contributed by atoms with Crippen LogP contribution < -0.4 is 0 Å². The third kappa shape index (κ3) is 4.32. The van der Waals surface area contributed by atoms with Gasteiger partial charge in [-0.05, 0) is 17.7 Å². The molecule has 1 aromatic rings. The van der Waals surface area contributed by atoms with E-state index < -0.39 is 8.07 Å². The summed E-state index contributed by atoms with van der Waals surface area (Å²) in [5.74, 6) is -0.302. The van der Waals surface area contributed by atoms with Crippen molar-refractivity contribution in [1.29, 1.82) is 0 Å².